The minimum Gasteiger partial charge on any atom is -0.480 e. The molecule has 0 aromatic carbocycles. The van der Waals surface area contributed by atoms with Gasteiger partial charge < -0.3 is 15.6 Å². The monoisotopic (exact) mass is 274 g/mol. The van der Waals surface area contributed by atoms with E-state index in [1.807, 2.05) is 0 Å². The maximum atomic E-state index is 12.0. The summed E-state index contributed by atoms with van der Waals surface area (Å²) in [6, 6.07) is -0.952. The largest absolute Gasteiger partial charge is 0.480 e. The molecule has 0 aromatic heterocycles. The molecule has 19 heavy (non-hydrogen) atoms. The van der Waals surface area contributed by atoms with Crippen LogP contribution in [0.2, 0.25) is 0 Å². The van der Waals surface area contributed by atoms with Crippen molar-refractivity contribution in [1.29, 1.82) is 0 Å². The van der Waals surface area contributed by atoms with Crippen molar-refractivity contribution < 1.29 is 24.2 Å². The van der Waals surface area contributed by atoms with Crippen molar-refractivity contribution in [3.8, 4) is 0 Å². The number of aliphatic carboxylic acids is 1. The number of amides is 2. The Bertz CT molecular complexity index is 360. The van der Waals surface area contributed by atoms with E-state index in [1.54, 1.807) is 34.6 Å². The topological polar surface area (TPSA) is 110 Å². The van der Waals surface area contributed by atoms with E-state index in [-0.39, 0.29) is 5.92 Å². The number of hydrogen-bond donors (Lipinski definition) is 2. The zero-order valence-corrected chi connectivity index (χ0v) is 12.0. The first-order valence-corrected chi connectivity index (χ1v) is 5.97. The number of hydrogen-bond acceptors (Lipinski definition) is 5. The molecule has 0 fully saturated rings. The highest BCUT2D eigenvalue weighted by atomic mass is 16.6. The molecule has 2 amide bonds. The molecule has 0 saturated heterocycles. The maximum absolute atomic E-state index is 12.0. The molecule has 110 valence electrons. The molecule has 0 aliphatic heterocycles. The van der Waals surface area contributed by atoms with Gasteiger partial charge in [-0.1, -0.05) is 13.8 Å². The zero-order valence-electron chi connectivity index (χ0n) is 12.0. The van der Waals surface area contributed by atoms with Crippen molar-refractivity contribution in [3.63, 3.8) is 0 Å². The summed E-state index contributed by atoms with van der Waals surface area (Å²) in [7, 11) is 0. The van der Waals surface area contributed by atoms with Crippen LogP contribution in [-0.4, -0.2) is 46.2 Å². The lowest BCUT2D eigenvalue weighted by molar-refractivity contribution is -0.144. The second-order valence-electron chi connectivity index (χ2n) is 5.57. The van der Waals surface area contributed by atoms with Gasteiger partial charge in [-0.2, -0.15) is 0 Å². The predicted octanol–water partition coefficient (Wildman–Crippen LogP) is 0.818. The van der Waals surface area contributed by atoms with E-state index in [2.05, 4.69) is 0 Å². The van der Waals surface area contributed by atoms with E-state index >= 15 is 0 Å². The summed E-state index contributed by atoms with van der Waals surface area (Å²) in [5, 5.41) is 8.76. The number of carboxylic acids is 1. The molecule has 0 saturated carbocycles. The molecule has 0 bridgehead atoms. The van der Waals surface area contributed by atoms with Gasteiger partial charge in [0.05, 0.1) is 6.04 Å². The van der Waals surface area contributed by atoms with Crippen LogP contribution in [0.1, 0.15) is 34.6 Å². The molecule has 0 spiro atoms. The molecular weight excluding hydrogens is 252 g/mol. The van der Waals surface area contributed by atoms with E-state index in [1.165, 1.54) is 0 Å². The van der Waals surface area contributed by atoms with E-state index < -0.39 is 36.2 Å². The van der Waals surface area contributed by atoms with E-state index in [0.717, 1.165) is 0 Å². The highest BCUT2D eigenvalue weighted by Gasteiger charge is 2.33. The summed E-state index contributed by atoms with van der Waals surface area (Å²) in [6.07, 6.45) is -1.00. The number of ether oxygens (including phenoxy) is 1. The van der Waals surface area contributed by atoms with Crippen molar-refractivity contribution in [3.05, 3.63) is 0 Å². The lowest BCUT2D eigenvalue weighted by atomic mass is 10.0. The van der Waals surface area contributed by atoms with Gasteiger partial charge in [0, 0.05) is 0 Å². The first-order valence-electron chi connectivity index (χ1n) is 5.97. The Hall–Kier alpha value is -1.63. The van der Waals surface area contributed by atoms with Crippen LogP contribution in [-0.2, 0) is 14.3 Å². The van der Waals surface area contributed by atoms with Gasteiger partial charge in [-0.05, 0) is 26.7 Å². The van der Waals surface area contributed by atoms with Gasteiger partial charge in [0.2, 0.25) is 5.91 Å². The molecule has 0 aromatic rings. The van der Waals surface area contributed by atoms with E-state index in [0.29, 0.717) is 4.90 Å². The molecule has 3 N–H and O–H groups in total. The van der Waals surface area contributed by atoms with Crippen LogP contribution in [0.3, 0.4) is 0 Å². The van der Waals surface area contributed by atoms with E-state index in [4.69, 9.17) is 15.6 Å². The fourth-order valence-electron chi connectivity index (χ4n) is 1.15. The smallest absolute Gasteiger partial charge is 0.417 e. The number of carboxylic acid groups (broad SMARTS) is 1. The van der Waals surface area contributed by atoms with Crippen molar-refractivity contribution in [1.82, 2.24) is 4.90 Å². The standard InChI is InChI=1S/C12H22N2O5/c1-7(2)9(13)10(17)14(6-8(15)16)11(18)19-12(3,4)5/h7,9H,6,13H2,1-5H3,(H,15,16)/t9-/m0/s1. The van der Waals surface area contributed by atoms with Crippen LogP contribution >= 0.6 is 0 Å². The third-order valence-corrected chi connectivity index (χ3v) is 2.18. The lowest BCUT2D eigenvalue weighted by Gasteiger charge is -2.27. The Morgan fingerprint density at radius 1 is 1.26 bits per heavy atom. The van der Waals surface area contributed by atoms with Crippen LogP contribution in [0.15, 0.2) is 0 Å². The second-order valence-corrected chi connectivity index (χ2v) is 5.57. The molecular formula is C12H22N2O5. The average molecular weight is 274 g/mol. The van der Waals surface area contributed by atoms with Crippen molar-refractivity contribution in [2.45, 2.75) is 46.3 Å². The third-order valence-electron chi connectivity index (χ3n) is 2.18. The Morgan fingerprint density at radius 2 is 1.74 bits per heavy atom. The molecule has 0 aliphatic rings. The van der Waals surface area contributed by atoms with Crippen molar-refractivity contribution in [2.24, 2.45) is 11.7 Å². The number of nitrogens with zero attached hydrogens (tertiary/aromatic N) is 1. The van der Waals surface area contributed by atoms with Gasteiger partial charge >= 0.3 is 12.1 Å². The fraction of sp³-hybridized carbons (Fsp3) is 0.750. The second kappa shape index (κ2) is 6.51. The van der Waals surface area contributed by atoms with Gasteiger partial charge in [-0.15, -0.1) is 0 Å². The first kappa shape index (κ1) is 17.4. The minimum absolute atomic E-state index is 0.216. The van der Waals surface area contributed by atoms with Crippen LogP contribution in [0.5, 0.6) is 0 Å². The average Bonchev–Trinajstić information content (AvgIpc) is 2.20. The minimum atomic E-state index is -1.31. The van der Waals surface area contributed by atoms with Gasteiger partial charge in [0.1, 0.15) is 12.1 Å². The van der Waals surface area contributed by atoms with Crippen LogP contribution < -0.4 is 5.73 Å². The SMILES string of the molecule is CC(C)[C@H](N)C(=O)N(CC(=O)O)C(=O)OC(C)(C)C. The molecule has 0 radical (unpaired) electrons. The highest BCUT2D eigenvalue weighted by molar-refractivity contribution is 5.97. The zero-order chi connectivity index (χ0) is 15.4. The first-order chi connectivity index (χ1) is 8.45. The molecule has 0 unspecified atom stereocenters. The molecule has 1 atom stereocenters. The van der Waals surface area contributed by atoms with Crippen LogP contribution in [0.25, 0.3) is 0 Å². The fourth-order valence-corrected chi connectivity index (χ4v) is 1.15. The summed E-state index contributed by atoms with van der Waals surface area (Å²) in [6.45, 7) is 7.51. The summed E-state index contributed by atoms with van der Waals surface area (Å²) in [5.74, 6) is -2.28. The van der Waals surface area contributed by atoms with Crippen LogP contribution in [0, 0.1) is 5.92 Å². The Balaban J connectivity index is 5.06. The lowest BCUT2D eigenvalue weighted by Crippen LogP contribution is -2.52. The molecule has 7 nitrogen and oxygen atoms in total. The quantitative estimate of drug-likeness (QED) is 0.785. The predicted molar refractivity (Wildman–Crippen MR) is 68.4 cm³/mol. The molecule has 0 aliphatic carbocycles. The Morgan fingerprint density at radius 3 is 2.05 bits per heavy atom. The van der Waals surface area contributed by atoms with Crippen LogP contribution in [0.4, 0.5) is 4.79 Å². The van der Waals surface area contributed by atoms with Gasteiger partial charge in [0.15, 0.2) is 0 Å². The Kier molecular flexibility index (Phi) is 5.95. The normalized spacial score (nSPS) is 13.0. The maximum Gasteiger partial charge on any atom is 0.417 e. The molecule has 0 heterocycles. The number of carbonyl (C=O) groups excluding carboxylic acids is 2. The summed E-state index contributed by atoms with van der Waals surface area (Å²) in [5.41, 5.74) is 4.82. The van der Waals surface area contributed by atoms with E-state index in [9.17, 15) is 14.4 Å². The third kappa shape index (κ3) is 6.19. The summed E-state index contributed by atoms with van der Waals surface area (Å²) >= 11 is 0. The van der Waals surface area contributed by atoms with Gasteiger partial charge in [0.25, 0.3) is 0 Å². The number of nitrogens with two attached hydrogens (primary N) is 1. The van der Waals surface area contributed by atoms with Gasteiger partial charge in [-0.25, -0.2) is 9.69 Å². The van der Waals surface area contributed by atoms with Gasteiger partial charge in [-0.3, -0.25) is 9.59 Å². The number of imide groups is 1. The summed E-state index contributed by atoms with van der Waals surface area (Å²) in [4.78, 5) is 35.1. The Labute approximate surface area is 112 Å². The molecule has 0 rings (SSSR count). The number of carbonyl (C=O) groups is 3. The summed E-state index contributed by atoms with van der Waals surface area (Å²) < 4.78 is 5.00. The number of rotatable bonds is 4. The van der Waals surface area contributed by atoms with Crippen molar-refractivity contribution in [2.75, 3.05) is 6.54 Å². The highest BCUT2D eigenvalue weighted by Crippen LogP contribution is 2.12. The molecule has 7 heteroatoms. The van der Waals surface area contributed by atoms with Crippen molar-refractivity contribution >= 4 is 18.0 Å².